The van der Waals surface area contributed by atoms with E-state index in [0.717, 1.165) is 36.9 Å². The maximum Gasteiger partial charge on any atom is 0.162 e. The Labute approximate surface area is 229 Å². The van der Waals surface area contributed by atoms with Crippen LogP contribution in [0.15, 0.2) is 84.8 Å². The topological polar surface area (TPSA) is 50.2 Å². The molecule has 1 heterocycles. The second kappa shape index (κ2) is 14.7. The number of benzene rings is 3. The number of nitrogens with zero attached hydrogens (tertiary/aromatic N) is 1. The summed E-state index contributed by atoms with van der Waals surface area (Å²) in [5.41, 5.74) is 2.00. The van der Waals surface area contributed by atoms with Gasteiger partial charge in [-0.25, -0.2) is 0 Å². The average Bonchev–Trinajstić information content (AvgIpc) is 2.90. The van der Waals surface area contributed by atoms with Crippen LogP contribution in [0.4, 0.5) is 0 Å². The van der Waals surface area contributed by atoms with Crippen LogP contribution in [0.2, 0.25) is 0 Å². The smallest absolute Gasteiger partial charge is 0.162 e. The van der Waals surface area contributed by atoms with Crippen LogP contribution >= 0.6 is 0 Å². The number of aliphatic hydroxyl groups excluding tert-OH is 1. The number of rotatable bonds is 8. The summed E-state index contributed by atoms with van der Waals surface area (Å²) in [5, 5.41) is 14.7. The zero-order chi connectivity index (χ0) is 25.2. The van der Waals surface area contributed by atoms with E-state index in [9.17, 15) is 9.90 Å². The number of hydrogen-bond acceptors (Lipinski definition) is 3. The molecular weight excluding hydrogens is 623 g/mol. The van der Waals surface area contributed by atoms with Crippen molar-refractivity contribution in [2.45, 2.75) is 53.4 Å². The molecule has 0 amide bonds. The Balaban J connectivity index is 0.000000260. The van der Waals surface area contributed by atoms with Crippen molar-refractivity contribution in [1.29, 1.82) is 0 Å². The summed E-state index contributed by atoms with van der Waals surface area (Å²) in [6.07, 6.45) is 6.85. The molecule has 3 nitrogen and oxygen atoms in total. The maximum atomic E-state index is 11.7. The van der Waals surface area contributed by atoms with Crippen molar-refractivity contribution in [2.75, 3.05) is 0 Å². The molecule has 0 aliphatic carbocycles. The number of pyridine rings is 1. The van der Waals surface area contributed by atoms with Crippen LogP contribution in [0, 0.1) is 17.9 Å². The van der Waals surface area contributed by atoms with E-state index in [0.29, 0.717) is 0 Å². The predicted molar refractivity (Wildman–Crippen MR) is 147 cm³/mol. The van der Waals surface area contributed by atoms with Gasteiger partial charge in [0.05, 0.1) is 5.76 Å². The standard InChI is InChI=1S/C19H12N.C13H24O2.Ir/c1-2-7-15(8-3-1)19-12-18-16(13-20-19)11-10-14-6-4-5-9-17(14)18;1-5-10(6-2)12(14)9-13(15)11(7-3)8-4;/h1-7,9-13H;9-11,14H,5-8H2,1-4H3;/q-1;;. The summed E-state index contributed by atoms with van der Waals surface area (Å²) in [6.45, 7) is 8.07. The van der Waals surface area contributed by atoms with Gasteiger partial charge >= 0.3 is 0 Å². The van der Waals surface area contributed by atoms with Crippen molar-refractivity contribution in [3.63, 3.8) is 0 Å². The number of carbonyl (C=O) groups excluding carboxylic acids is 1. The molecular formula is C32H36IrNO2-. The van der Waals surface area contributed by atoms with E-state index in [1.165, 1.54) is 27.6 Å². The van der Waals surface area contributed by atoms with Gasteiger partial charge in [0.1, 0.15) is 0 Å². The summed E-state index contributed by atoms with van der Waals surface area (Å²) in [4.78, 5) is 16.3. The van der Waals surface area contributed by atoms with Gasteiger partial charge in [-0.1, -0.05) is 70.2 Å². The minimum Gasteiger partial charge on any atom is -0.512 e. The molecule has 0 atom stereocenters. The third-order valence-electron chi connectivity index (χ3n) is 6.70. The first kappa shape index (κ1) is 29.4. The fraction of sp³-hybridized carbons (Fsp3) is 0.312. The molecule has 4 rings (SSSR count). The predicted octanol–water partition coefficient (Wildman–Crippen LogP) is 8.72. The molecule has 4 aromatic rings. The molecule has 0 unspecified atom stereocenters. The van der Waals surface area contributed by atoms with Crippen LogP contribution in [-0.2, 0) is 24.9 Å². The zero-order valence-electron chi connectivity index (χ0n) is 21.6. The summed E-state index contributed by atoms with van der Waals surface area (Å²) < 4.78 is 0. The number of ketones is 1. The van der Waals surface area contributed by atoms with Crippen LogP contribution < -0.4 is 0 Å². The number of aromatic nitrogens is 1. The molecule has 0 fully saturated rings. The van der Waals surface area contributed by atoms with Gasteiger partial charge in [-0.05, 0) is 52.9 Å². The number of carbonyl (C=O) groups is 1. The van der Waals surface area contributed by atoms with E-state index in [2.05, 4.69) is 53.5 Å². The minimum absolute atomic E-state index is 0. The van der Waals surface area contributed by atoms with Gasteiger partial charge in [0.2, 0.25) is 0 Å². The molecule has 191 valence electrons. The van der Waals surface area contributed by atoms with Crippen molar-refractivity contribution in [3.8, 4) is 11.3 Å². The van der Waals surface area contributed by atoms with E-state index in [4.69, 9.17) is 0 Å². The van der Waals surface area contributed by atoms with Crippen LogP contribution in [-0.4, -0.2) is 15.9 Å². The molecule has 0 spiro atoms. The Morgan fingerprint density at radius 3 is 2.14 bits per heavy atom. The molecule has 1 N–H and O–H groups in total. The Kier molecular flexibility index (Phi) is 12.0. The molecule has 3 aromatic carbocycles. The van der Waals surface area contributed by atoms with Crippen LogP contribution in [0.5, 0.6) is 0 Å². The third kappa shape index (κ3) is 7.35. The normalized spacial score (nSPS) is 11.3. The minimum atomic E-state index is 0. The molecule has 1 aromatic heterocycles. The van der Waals surface area contributed by atoms with Crippen molar-refractivity contribution in [2.24, 2.45) is 11.8 Å². The zero-order valence-corrected chi connectivity index (χ0v) is 24.0. The second-order valence-electron chi connectivity index (χ2n) is 8.85. The number of allylic oxidation sites excluding steroid dienone is 2. The van der Waals surface area contributed by atoms with Crippen molar-refractivity contribution < 1.29 is 30.0 Å². The first-order valence-corrected chi connectivity index (χ1v) is 12.7. The molecule has 0 bridgehead atoms. The summed E-state index contributed by atoms with van der Waals surface area (Å²) in [5.74, 6) is 0.547. The number of aliphatic hydroxyl groups is 1. The second-order valence-corrected chi connectivity index (χ2v) is 8.85. The SMILES string of the molecule is CCC(CC)C(=O)C=C(O)C(CC)CC.[Ir].[c-]1ccccc1-c1cc2c(ccc3ccccc32)cn1. The average molecular weight is 659 g/mol. The van der Waals surface area contributed by atoms with Crippen molar-refractivity contribution in [1.82, 2.24) is 4.98 Å². The van der Waals surface area contributed by atoms with Gasteiger partial charge < -0.3 is 10.1 Å². The first-order valence-electron chi connectivity index (χ1n) is 12.7. The Bertz CT molecular complexity index is 1280. The Morgan fingerprint density at radius 1 is 0.861 bits per heavy atom. The van der Waals surface area contributed by atoms with E-state index >= 15 is 0 Å². The molecule has 4 heteroatoms. The van der Waals surface area contributed by atoms with E-state index in [1.807, 2.05) is 58.2 Å². The van der Waals surface area contributed by atoms with Gasteiger partial charge in [-0.3, -0.25) is 4.79 Å². The van der Waals surface area contributed by atoms with Gasteiger partial charge in [0, 0.05) is 44.2 Å². The van der Waals surface area contributed by atoms with E-state index < -0.39 is 0 Å². The first-order chi connectivity index (χ1) is 17.0. The summed E-state index contributed by atoms with van der Waals surface area (Å²) >= 11 is 0. The Hall–Kier alpha value is -2.81. The van der Waals surface area contributed by atoms with Crippen LogP contribution in [0.25, 0.3) is 32.8 Å². The summed E-state index contributed by atoms with van der Waals surface area (Å²) in [7, 11) is 0. The van der Waals surface area contributed by atoms with Crippen LogP contribution in [0.3, 0.4) is 0 Å². The molecule has 0 saturated carbocycles. The molecule has 0 aliphatic heterocycles. The molecule has 0 saturated heterocycles. The molecule has 36 heavy (non-hydrogen) atoms. The number of hydrogen-bond donors (Lipinski definition) is 1. The third-order valence-corrected chi connectivity index (χ3v) is 6.70. The number of fused-ring (bicyclic) bond motifs is 3. The maximum absolute atomic E-state index is 11.7. The van der Waals surface area contributed by atoms with Gasteiger partial charge in [0.15, 0.2) is 5.78 Å². The van der Waals surface area contributed by atoms with Gasteiger partial charge in [-0.15, -0.1) is 35.9 Å². The van der Waals surface area contributed by atoms with Gasteiger partial charge in [0.25, 0.3) is 0 Å². The summed E-state index contributed by atoms with van der Waals surface area (Å²) in [6, 6.07) is 26.1. The molecule has 0 aliphatic rings. The monoisotopic (exact) mass is 659 g/mol. The van der Waals surface area contributed by atoms with Crippen molar-refractivity contribution in [3.05, 3.63) is 90.8 Å². The fourth-order valence-corrected chi connectivity index (χ4v) is 4.38. The fourth-order valence-electron chi connectivity index (χ4n) is 4.38. The quantitative estimate of drug-likeness (QED) is 0.0892. The van der Waals surface area contributed by atoms with Crippen LogP contribution in [0.1, 0.15) is 53.4 Å². The van der Waals surface area contributed by atoms with E-state index in [1.54, 1.807) is 0 Å². The van der Waals surface area contributed by atoms with E-state index in [-0.39, 0.29) is 43.5 Å². The molecule has 1 radical (unpaired) electrons. The largest absolute Gasteiger partial charge is 0.512 e. The van der Waals surface area contributed by atoms with Crippen molar-refractivity contribution >= 4 is 27.3 Å². The van der Waals surface area contributed by atoms with Gasteiger partial charge in [-0.2, -0.15) is 0 Å². The Morgan fingerprint density at radius 2 is 1.50 bits per heavy atom.